The molecule has 8 nitrogen and oxygen atoms in total. The Kier molecular flexibility index (Phi) is 32.4. The highest BCUT2D eigenvalue weighted by atomic mass is 31.2. The first kappa shape index (κ1) is 44.5. The number of phosphoric ester groups is 1. The zero-order valence-corrected chi connectivity index (χ0v) is 30.4. The summed E-state index contributed by atoms with van der Waals surface area (Å²) in [6.07, 6.45) is 36.2. The van der Waals surface area contributed by atoms with E-state index >= 15 is 0 Å². The van der Waals surface area contributed by atoms with Crippen molar-refractivity contribution >= 4 is 19.8 Å². The van der Waals surface area contributed by atoms with E-state index in [-0.39, 0.29) is 19.4 Å². The van der Waals surface area contributed by atoms with Crippen molar-refractivity contribution in [1.82, 2.24) is 0 Å². The van der Waals surface area contributed by atoms with Crippen LogP contribution >= 0.6 is 7.82 Å². The highest BCUT2D eigenvalue weighted by Gasteiger charge is 2.22. The van der Waals surface area contributed by atoms with Gasteiger partial charge in [-0.3, -0.25) is 14.1 Å². The molecule has 0 saturated carbocycles. The Morgan fingerprint density at radius 2 is 0.978 bits per heavy atom. The van der Waals surface area contributed by atoms with Gasteiger partial charge in [-0.1, -0.05) is 147 Å². The van der Waals surface area contributed by atoms with E-state index in [0.717, 1.165) is 51.4 Å². The normalized spacial score (nSPS) is 12.7. The van der Waals surface area contributed by atoms with Gasteiger partial charge in [-0.2, -0.15) is 0 Å². The van der Waals surface area contributed by atoms with Gasteiger partial charge in [-0.15, -0.1) is 0 Å². The Morgan fingerprint density at radius 3 is 1.48 bits per heavy atom. The minimum atomic E-state index is -4.74. The summed E-state index contributed by atoms with van der Waals surface area (Å²) in [7, 11) is -4.74. The lowest BCUT2D eigenvalue weighted by Gasteiger charge is -2.18. The van der Waals surface area contributed by atoms with Crippen molar-refractivity contribution < 1.29 is 37.9 Å². The number of carbonyl (C=O) groups is 2. The monoisotopic (exact) mass is 672 g/mol. The molecule has 2 N–H and O–H groups in total. The van der Waals surface area contributed by atoms with Gasteiger partial charge in [0.2, 0.25) is 0 Å². The van der Waals surface area contributed by atoms with Crippen molar-refractivity contribution in [2.75, 3.05) is 13.2 Å². The number of hydrogen-bond acceptors (Lipinski definition) is 6. The predicted octanol–water partition coefficient (Wildman–Crippen LogP) is 10.8. The van der Waals surface area contributed by atoms with Crippen molar-refractivity contribution in [3.05, 3.63) is 24.3 Å². The third kappa shape index (κ3) is 35.4. The smallest absolute Gasteiger partial charge is 0.462 e. The van der Waals surface area contributed by atoms with Gasteiger partial charge in [0, 0.05) is 12.8 Å². The number of esters is 2. The lowest BCUT2D eigenvalue weighted by molar-refractivity contribution is -0.161. The van der Waals surface area contributed by atoms with Crippen molar-refractivity contribution in [1.29, 1.82) is 0 Å². The summed E-state index contributed by atoms with van der Waals surface area (Å²) in [5, 5.41) is 0. The minimum Gasteiger partial charge on any atom is -0.462 e. The maximum Gasteiger partial charge on any atom is 0.469 e. The number of phosphoric acid groups is 1. The number of hydrogen-bond donors (Lipinski definition) is 2. The second-order valence-corrected chi connectivity index (χ2v) is 13.8. The molecule has 0 spiro atoms. The Morgan fingerprint density at radius 1 is 0.565 bits per heavy atom. The summed E-state index contributed by atoms with van der Waals surface area (Å²) in [6.45, 7) is 3.62. The van der Waals surface area contributed by atoms with E-state index in [1.165, 1.54) is 96.3 Å². The van der Waals surface area contributed by atoms with Gasteiger partial charge in [0.15, 0.2) is 6.10 Å². The molecule has 0 radical (unpaired) electrons. The van der Waals surface area contributed by atoms with Gasteiger partial charge >= 0.3 is 19.8 Å². The van der Waals surface area contributed by atoms with E-state index in [1.807, 2.05) is 0 Å². The number of ether oxygens (including phenoxy) is 2. The van der Waals surface area contributed by atoms with Crippen molar-refractivity contribution in [2.45, 2.75) is 187 Å². The van der Waals surface area contributed by atoms with Gasteiger partial charge in [0.25, 0.3) is 0 Å². The summed E-state index contributed by atoms with van der Waals surface area (Å²) in [5.74, 6) is -0.889. The molecule has 270 valence electrons. The zero-order chi connectivity index (χ0) is 34.0. The van der Waals surface area contributed by atoms with Crippen LogP contribution in [-0.4, -0.2) is 41.0 Å². The molecule has 0 bridgehead atoms. The summed E-state index contributed by atoms with van der Waals surface area (Å²) in [5.41, 5.74) is 0. The predicted molar refractivity (Wildman–Crippen MR) is 189 cm³/mol. The number of unbranched alkanes of at least 4 members (excludes halogenated alkanes) is 20. The molecule has 1 atom stereocenters. The molecular formula is C37H69O8P. The van der Waals surface area contributed by atoms with E-state index in [0.29, 0.717) is 6.42 Å². The molecule has 46 heavy (non-hydrogen) atoms. The van der Waals surface area contributed by atoms with Crippen LogP contribution in [0.15, 0.2) is 24.3 Å². The number of carbonyl (C=O) groups excluding carboxylic acids is 2. The Labute approximate surface area is 281 Å². The first-order valence-corrected chi connectivity index (χ1v) is 20.2. The maximum atomic E-state index is 12.3. The van der Waals surface area contributed by atoms with Crippen LogP contribution in [0.2, 0.25) is 0 Å². The molecule has 0 aliphatic heterocycles. The topological polar surface area (TPSA) is 119 Å². The van der Waals surface area contributed by atoms with Crippen LogP contribution in [0.5, 0.6) is 0 Å². The molecule has 0 aromatic rings. The number of allylic oxidation sites excluding steroid dienone is 4. The first-order valence-electron chi connectivity index (χ1n) is 18.6. The van der Waals surface area contributed by atoms with Crippen LogP contribution < -0.4 is 0 Å². The SMILES string of the molecule is CCCCC/C=C\C/C=C\CCCCCCCCCCCC(=O)O[C@H](COC(=O)CCCCCCCCCCC)COP(=O)(O)O. The fourth-order valence-corrected chi connectivity index (χ4v) is 5.53. The van der Waals surface area contributed by atoms with Gasteiger partial charge in [-0.05, 0) is 44.9 Å². The molecule has 0 heterocycles. The molecule has 9 heteroatoms. The van der Waals surface area contributed by atoms with Crippen LogP contribution in [0.1, 0.15) is 181 Å². The highest BCUT2D eigenvalue weighted by molar-refractivity contribution is 7.46. The van der Waals surface area contributed by atoms with Gasteiger partial charge < -0.3 is 19.3 Å². The Bertz CT molecular complexity index is 807. The summed E-state index contributed by atoms with van der Waals surface area (Å²) < 4.78 is 26.2. The van der Waals surface area contributed by atoms with E-state index in [1.54, 1.807) is 0 Å². The molecular weight excluding hydrogens is 603 g/mol. The van der Waals surface area contributed by atoms with Crippen LogP contribution in [0.3, 0.4) is 0 Å². The average molecular weight is 673 g/mol. The first-order chi connectivity index (χ1) is 22.3. The number of rotatable bonds is 34. The minimum absolute atomic E-state index is 0.209. The van der Waals surface area contributed by atoms with Crippen molar-refractivity contribution in [3.8, 4) is 0 Å². The third-order valence-corrected chi connectivity index (χ3v) is 8.46. The molecule has 0 aliphatic rings. The van der Waals surface area contributed by atoms with Gasteiger partial charge in [0.05, 0.1) is 6.61 Å². The maximum absolute atomic E-state index is 12.3. The summed E-state index contributed by atoms with van der Waals surface area (Å²) in [4.78, 5) is 42.6. The standard InChI is InChI=1S/C37H69O8P/c1-3-5-7-9-11-13-14-15-16-17-18-19-20-21-22-24-26-28-30-32-37(39)45-35(34-44-46(40,41)42)33-43-36(38)31-29-27-25-23-12-10-8-6-4-2/h11,13,15-16,35H,3-10,12,14,17-34H2,1-2H3,(H2,40,41,42)/b13-11-,16-15-/t35-/m1/s1. The molecule has 0 saturated heterocycles. The average Bonchev–Trinajstić information content (AvgIpc) is 3.02. The lowest BCUT2D eigenvalue weighted by Crippen LogP contribution is -2.29. The Balaban J connectivity index is 3.91. The van der Waals surface area contributed by atoms with Gasteiger partial charge in [-0.25, -0.2) is 4.57 Å². The largest absolute Gasteiger partial charge is 0.469 e. The molecule has 0 amide bonds. The van der Waals surface area contributed by atoms with E-state index in [9.17, 15) is 14.2 Å². The molecule has 0 unspecified atom stereocenters. The Hall–Kier alpha value is -1.47. The highest BCUT2D eigenvalue weighted by Crippen LogP contribution is 2.36. The fraction of sp³-hybridized carbons (Fsp3) is 0.838. The second-order valence-electron chi connectivity index (χ2n) is 12.6. The van der Waals surface area contributed by atoms with E-state index < -0.39 is 32.5 Å². The fourth-order valence-electron chi connectivity index (χ4n) is 5.17. The molecule has 0 aromatic heterocycles. The molecule has 0 fully saturated rings. The lowest BCUT2D eigenvalue weighted by atomic mass is 10.1. The summed E-state index contributed by atoms with van der Waals surface area (Å²) >= 11 is 0. The second kappa shape index (κ2) is 33.4. The van der Waals surface area contributed by atoms with E-state index in [4.69, 9.17) is 19.3 Å². The summed E-state index contributed by atoms with van der Waals surface area (Å²) in [6, 6.07) is 0. The van der Waals surface area contributed by atoms with Crippen molar-refractivity contribution in [2.24, 2.45) is 0 Å². The van der Waals surface area contributed by atoms with E-state index in [2.05, 4.69) is 42.7 Å². The van der Waals surface area contributed by atoms with Crippen LogP contribution in [-0.2, 0) is 28.2 Å². The zero-order valence-electron chi connectivity index (χ0n) is 29.5. The molecule has 0 aromatic carbocycles. The molecule has 0 rings (SSSR count). The van der Waals surface area contributed by atoms with Crippen LogP contribution in [0, 0.1) is 0 Å². The van der Waals surface area contributed by atoms with Gasteiger partial charge in [0.1, 0.15) is 6.61 Å². The van der Waals surface area contributed by atoms with Crippen molar-refractivity contribution in [3.63, 3.8) is 0 Å². The molecule has 0 aliphatic carbocycles. The third-order valence-electron chi connectivity index (χ3n) is 7.97. The van der Waals surface area contributed by atoms with Crippen LogP contribution in [0.25, 0.3) is 0 Å². The quantitative estimate of drug-likeness (QED) is 0.0300. The van der Waals surface area contributed by atoms with Crippen LogP contribution in [0.4, 0.5) is 0 Å².